The van der Waals surface area contributed by atoms with Crippen LogP contribution in [0, 0.1) is 5.82 Å². The summed E-state index contributed by atoms with van der Waals surface area (Å²) in [7, 11) is 0. The maximum absolute atomic E-state index is 12.2. The predicted octanol–water partition coefficient (Wildman–Crippen LogP) is 2.37. The number of aliphatic hydroxyl groups excluding tert-OH is 1. The number of hydrogen-bond donors (Lipinski definition) is 2. The van der Waals surface area contributed by atoms with Crippen molar-refractivity contribution >= 4 is 11.6 Å². The van der Waals surface area contributed by atoms with Gasteiger partial charge in [-0.3, -0.25) is 9.69 Å². The van der Waals surface area contributed by atoms with E-state index in [1.54, 1.807) is 0 Å². The molecule has 1 unspecified atom stereocenters. The van der Waals surface area contributed by atoms with Gasteiger partial charge in [0.05, 0.1) is 25.4 Å². The predicted molar refractivity (Wildman–Crippen MR) is 122 cm³/mol. The number of rotatable bonds is 3. The van der Waals surface area contributed by atoms with Crippen molar-refractivity contribution in [3.63, 3.8) is 0 Å². The van der Waals surface area contributed by atoms with E-state index in [-0.39, 0.29) is 11.9 Å². The number of piperazine rings is 1. The minimum atomic E-state index is -0.542. The van der Waals surface area contributed by atoms with Gasteiger partial charge in [-0.1, -0.05) is 6.07 Å². The molecule has 1 atom stereocenters. The van der Waals surface area contributed by atoms with E-state index in [2.05, 4.69) is 28.0 Å². The molecule has 172 valence electrons. The lowest BCUT2D eigenvalue weighted by Crippen LogP contribution is -2.56. The molecule has 7 heteroatoms. The minimum absolute atomic E-state index is 0.160. The number of carbonyl (C=O) groups excluding carboxylic acids is 1. The highest BCUT2D eigenvalue weighted by molar-refractivity contribution is 5.92. The Labute approximate surface area is 188 Å². The van der Waals surface area contributed by atoms with Crippen LogP contribution in [0.4, 0.5) is 10.1 Å². The van der Waals surface area contributed by atoms with Crippen molar-refractivity contribution in [3.05, 3.63) is 65.0 Å². The Morgan fingerprint density at radius 3 is 2.38 bits per heavy atom. The van der Waals surface area contributed by atoms with Crippen molar-refractivity contribution < 1.29 is 19.0 Å². The van der Waals surface area contributed by atoms with Gasteiger partial charge in [-0.05, 0) is 73.2 Å². The number of nitrogens with two attached hydrogens (primary N) is 1. The molecule has 32 heavy (non-hydrogen) atoms. The fourth-order valence-electron chi connectivity index (χ4n) is 4.52. The molecule has 2 fully saturated rings. The van der Waals surface area contributed by atoms with Gasteiger partial charge in [0.25, 0.3) is 0 Å². The van der Waals surface area contributed by atoms with E-state index in [0.29, 0.717) is 11.6 Å². The molecule has 3 N–H and O–H groups in total. The lowest BCUT2D eigenvalue weighted by atomic mass is 10.0. The summed E-state index contributed by atoms with van der Waals surface area (Å²) in [6.07, 6.45) is 3.82. The maximum Gasteiger partial charge on any atom is 0.248 e. The van der Waals surface area contributed by atoms with E-state index in [9.17, 15) is 14.3 Å². The smallest absolute Gasteiger partial charge is 0.248 e. The molecule has 2 aromatic carbocycles. The Morgan fingerprint density at radius 2 is 1.75 bits per heavy atom. The van der Waals surface area contributed by atoms with Gasteiger partial charge in [0.2, 0.25) is 5.91 Å². The van der Waals surface area contributed by atoms with Gasteiger partial charge in [-0.2, -0.15) is 0 Å². The van der Waals surface area contributed by atoms with Crippen molar-refractivity contribution in [2.45, 2.75) is 37.8 Å². The molecule has 2 aliphatic heterocycles. The molecule has 5 rings (SSSR count). The Balaban J connectivity index is 0.000000207. The Morgan fingerprint density at radius 1 is 1.03 bits per heavy atom. The summed E-state index contributed by atoms with van der Waals surface area (Å²) in [6.45, 7) is 6.28. The third-order valence-corrected chi connectivity index (χ3v) is 6.57. The molecule has 0 bridgehead atoms. The molecule has 6 nitrogen and oxygen atoms in total. The molecular formula is C25H32FN3O3. The number of carbonyl (C=O) groups is 1. The lowest BCUT2D eigenvalue weighted by Gasteiger charge is -2.43. The molecule has 2 heterocycles. The molecule has 1 amide bonds. The van der Waals surface area contributed by atoms with E-state index < -0.39 is 5.91 Å². The van der Waals surface area contributed by atoms with Gasteiger partial charge < -0.3 is 20.5 Å². The average Bonchev–Trinajstić information content (AvgIpc) is 2.94. The first-order chi connectivity index (χ1) is 15.5. The Kier molecular flexibility index (Phi) is 7.40. The summed E-state index contributed by atoms with van der Waals surface area (Å²) < 4.78 is 17.5. The second-order valence-corrected chi connectivity index (χ2v) is 8.79. The van der Waals surface area contributed by atoms with Gasteiger partial charge in [0.15, 0.2) is 0 Å². The molecular weight excluding hydrogens is 409 g/mol. The van der Waals surface area contributed by atoms with Gasteiger partial charge >= 0.3 is 0 Å². The highest BCUT2D eigenvalue weighted by Gasteiger charge is 2.29. The third kappa shape index (κ3) is 5.65. The molecule has 0 spiro atoms. The monoisotopic (exact) mass is 441 g/mol. The average molecular weight is 442 g/mol. The number of fused-ring (bicyclic) bond motifs is 1. The zero-order valence-corrected chi connectivity index (χ0v) is 18.4. The quantitative estimate of drug-likeness (QED) is 0.715. The first-order valence-electron chi connectivity index (χ1n) is 11.4. The molecule has 3 aliphatic rings. The van der Waals surface area contributed by atoms with Crippen LogP contribution in [-0.4, -0.2) is 67.5 Å². The van der Waals surface area contributed by atoms with Crippen LogP contribution in [0.3, 0.4) is 0 Å². The molecule has 0 aromatic heterocycles. The number of aliphatic hydroxyl groups is 1. The topological polar surface area (TPSA) is 79.0 Å². The summed E-state index contributed by atoms with van der Waals surface area (Å²) in [5, 5.41) is 10.0. The second kappa shape index (κ2) is 10.4. The van der Waals surface area contributed by atoms with Crippen LogP contribution >= 0.6 is 0 Å². The summed E-state index contributed by atoms with van der Waals surface area (Å²) in [6, 6.07) is 12.6. The van der Waals surface area contributed by atoms with E-state index in [1.165, 1.54) is 41.1 Å². The first kappa shape index (κ1) is 22.7. The SMILES string of the molecule is NC(=O)c1ccc(F)cc1.OC1CCCc2ccc(N3CCN(C4COC4)CC3)cc2C1. The van der Waals surface area contributed by atoms with Crippen LogP contribution in [0.2, 0.25) is 0 Å². The number of halogens is 1. The third-order valence-electron chi connectivity index (χ3n) is 6.57. The second-order valence-electron chi connectivity index (χ2n) is 8.79. The van der Waals surface area contributed by atoms with Crippen LogP contribution in [0.15, 0.2) is 42.5 Å². The van der Waals surface area contributed by atoms with Crippen molar-refractivity contribution in [2.75, 3.05) is 44.3 Å². The van der Waals surface area contributed by atoms with E-state index in [0.717, 1.165) is 65.1 Å². The van der Waals surface area contributed by atoms with Crippen LogP contribution in [0.1, 0.15) is 34.3 Å². The number of nitrogens with zero attached hydrogens (tertiary/aromatic N) is 2. The van der Waals surface area contributed by atoms with Crippen LogP contribution in [0.25, 0.3) is 0 Å². The van der Waals surface area contributed by atoms with Crippen LogP contribution in [-0.2, 0) is 17.6 Å². The Hall–Kier alpha value is -2.48. The minimum Gasteiger partial charge on any atom is -0.393 e. The zero-order chi connectivity index (χ0) is 22.5. The molecule has 2 saturated heterocycles. The summed E-state index contributed by atoms with van der Waals surface area (Å²) in [5.74, 6) is -0.912. The van der Waals surface area contributed by atoms with Crippen molar-refractivity contribution in [1.29, 1.82) is 0 Å². The zero-order valence-electron chi connectivity index (χ0n) is 18.4. The van der Waals surface area contributed by atoms with Gasteiger partial charge in [-0.25, -0.2) is 4.39 Å². The van der Waals surface area contributed by atoms with Crippen molar-refractivity contribution in [3.8, 4) is 0 Å². The largest absolute Gasteiger partial charge is 0.393 e. The van der Waals surface area contributed by atoms with Crippen LogP contribution in [0.5, 0.6) is 0 Å². The summed E-state index contributed by atoms with van der Waals surface area (Å²) in [4.78, 5) is 15.5. The maximum atomic E-state index is 12.2. The molecule has 1 aliphatic carbocycles. The molecule has 0 saturated carbocycles. The Bertz CT molecular complexity index is 909. The fourth-order valence-corrected chi connectivity index (χ4v) is 4.52. The number of anilines is 1. The number of benzene rings is 2. The molecule has 2 aromatic rings. The van der Waals surface area contributed by atoms with Crippen LogP contribution < -0.4 is 10.6 Å². The number of aryl methyl sites for hydroxylation is 1. The number of primary amides is 1. The lowest BCUT2D eigenvalue weighted by molar-refractivity contribution is -0.0660. The fraction of sp³-hybridized carbons (Fsp3) is 0.480. The number of amides is 1. The van der Waals surface area contributed by atoms with Crippen molar-refractivity contribution in [1.82, 2.24) is 4.90 Å². The summed E-state index contributed by atoms with van der Waals surface area (Å²) in [5.41, 5.74) is 9.35. The summed E-state index contributed by atoms with van der Waals surface area (Å²) >= 11 is 0. The van der Waals surface area contributed by atoms with Crippen molar-refractivity contribution in [2.24, 2.45) is 5.73 Å². The standard InChI is InChI=1S/C18H26N2O2.C7H6FNO/c21-18-3-1-2-14-4-5-16(10-15(14)11-18)19-6-8-20(9-7-19)17-12-22-13-17;8-6-3-1-5(2-4-6)7(9)10/h4-5,10,17-18,21H,1-3,6-9,11-13H2;1-4H,(H2,9,10). The van der Waals surface area contributed by atoms with Gasteiger partial charge in [0, 0.05) is 37.4 Å². The van der Waals surface area contributed by atoms with Gasteiger partial charge in [0.1, 0.15) is 5.82 Å². The van der Waals surface area contributed by atoms with Gasteiger partial charge in [-0.15, -0.1) is 0 Å². The number of ether oxygens (including phenoxy) is 1. The van der Waals surface area contributed by atoms with E-state index in [1.807, 2.05) is 0 Å². The number of hydrogen-bond acceptors (Lipinski definition) is 5. The van der Waals surface area contributed by atoms with E-state index in [4.69, 9.17) is 10.5 Å². The highest BCUT2D eigenvalue weighted by atomic mass is 19.1. The highest BCUT2D eigenvalue weighted by Crippen LogP contribution is 2.27. The first-order valence-corrected chi connectivity index (χ1v) is 11.4. The van der Waals surface area contributed by atoms with E-state index >= 15 is 0 Å². The molecule has 0 radical (unpaired) electrons. The normalized spacial score (nSPS) is 21.6.